The van der Waals surface area contributed by atoms with Crippen LogP contribution in [0.2, 0.25) is 0 Å². The van der Waals surface area contributed by atoms with Gasteiger partial charge in [0.05, 0.1) is 12.6 Å². The monoisotopic (exact) mass is 271 g/mol. The third-order valence-electron chi connectivity index (χ3n) is 3.12. The molecule has 1 fully saturated rings. The van der Waals surface area contributed by atoms with Crippen molar-refractivity contribution in [2.45, 2.75) is 51.9 Å². The maximum absolute atomic E-state index is 12.2. The van der Waals surface area contributed by atoms with Crippen LogP contribution in [0.3, 0.4) is 0 Å². The molecule has 0 aliphatic carbocycles. The number of ether oxygens (including phenoxy) is 1. The van der Waals surface area contributed by atoms with Crippen molar-refractivity contribution in [3.63, 3.8) is 0 Å². The Morgan fingerprint density at radius 1 is 1.42 bits per heavy atom. The number of rotatable bonds is 6. The molecular weight excluding hydrogens is 246 g/mol. The maximum atomic E-state index is 12.2. The van der Waals surface area contributed by atoms with Crippen LogP contribution >= 0.6 is 0 Å². The molecule has 0 aromatic heterocycles. The summed E-state index contributed by atoms with van der Waals surface area (Å²) in [4.78, 5) is 25.5. The smallest absolute Gasteiger partial charge is 0.252 e. The number of nitrogens with two attached hydrogens (primary N) is 1. The number of nitrogens with one attached hydrogen (secondary N) is 1. The summed E-state index contributed by atoms with van der Waals surface area (Å²) in [6.45, 7) is 6.65. The standard InChI is InChI=1S/C13H25N3O3/c1-4-16(8-12(17)15-9(2)3)13(18)11-6-5-10(7-14)19-11/h9-11H,4-8,14H2,1-3H3,(H,15,17). The Labute approximate surface area is 114 Å². The second-order valence-electron chi connectivity index (χ2n) is 5.13. The van der Waals surface area contributed by atoms with Gasteiger partial charge in [0.15, 0.2) is 0 Å². The van der Waals surface area contributed by atoms with Crippen molar-refractivity contribution in [2.75, 3.05) is 19.6 Å². The third-order valence-corrected chi connectivity index (χ3v) is 3.12. The topological polar surface area (TPSA) is 84.7 Å². The zero-order valence-electron chi connectivity index (χ0n) is 12.0. The van der Waals surface area contributed by atoms with E-state index in [1.807, 2.05) is 20.8 Å². The van der Waals surface area contributed by atoms with Crippen LogP contribution in [0.5, 0.6) is 0 Å². The molecule has 0 spiro atoms. The average molecular weight is 271 g/mol. The number of carbonyl (C=O) groups is 2. The molecule has 3 N–H and O–H groups in total. The highest BCUT2D eigenvalue weighted by Gasteiger charge is 2.33. The van der Waals surface area contributed by atoms with E-state index in [1.54, 1.807) is 0 Å². The zero-order valence-corrected chi connectivity index (χ0v) is 12.0. The quantitative estimate of drug-likeness (QED) is 0.704. The summed E-state index contributed by atoms with van der Waals surface area (Å²) >= 11 is 0. The zero-order chi connectivity index (χ0) is 14.4. The van der Waals surface area contributed by atoms with E-state index in [4.69, 9.17) is 10.5 Å². The minimum Gasteiger partial charge on any atom is -0.364 e. The molecule has 1 heterocycles. The number of hydrogen-bond acceptors (Lipinski definition) is 4. The molecule has 1 rings (SSSR count). The SMILES string of the molecule is CCN(CC(=O)NC(C)C)C(=O)C1CCC(CN)O1. The van der Waals surface area contributed by atoms with E-state index in [0.29, 0.717) is 19.5 Å². The summed E-state index contributed by atoms with van der Waals surface area (Å²) in [5.41, 5.74) is 5.53. The molecule has 1 aliphatic heterocycles. The van der Waals surface area contributed by atoms with Crippen LogP contribution in [0.1, 0.15) is 33.6 Å². The van der Waals surface area contributed by atoms with Crippen molar-refractivity contribution >= 4 is 11.8 Å². The Kier molecular flexibility index (Phi) is 6.24. The molecule has 0 bridgehead atoms. The summed E-state index contributed by atoms with van der Waals surface area (Å²) < 4.78 is 5.57. The molecular formula is C13H25N3O3. The van der Waals surface area contributed by atoms with E-state index in [9.17, 15) is 9.59 Å². The van der Waals surface area contributed by atoms with Crippen molar-refractivity contribution in [3.8, 4) is 0 Å². The molecule has 2 amide bonds. The van der Waals surface area contributed by atoms with Crippen molar-refractivity contribution < 1.29 is 14.3 Å². The van der Waals surface area contributed by atoms with Gasteiger partial charge < -0.3 is 20.7 Å². The van der Waals surface area contributed by atoms with Gasteiger partial charge in [-0.1, -0.05) is 0 Å². The van der Waals surface area contributed by atoms with E-state index < -0.39 is 6.10 Å². The lowest BCUT2D eigenvalue weighted by Crippen LogP contribution is -2.46. The highest BCUT2D eigenvalue weighted by molar-refractivity contribution is 5.87. The van der Waals surface area contributed by atoms with Crippen LogP contribution in [0.25, 0.3) is 0 Å². The van der Waals surface area contributed by atoms with Crippen molar-refractivity contribution in [1.82, 2.24) is 10.2 Å². The average Bonchev–Trinajstić information content (AvgIpc) is 2.82. The van der Waals surface area contributed by atoms with Crippen molar-refractivity contribution in [2.24, 2.45) is 5.73 Å². The normalized spacial score (nSPS) is 22.6. The molecule has 2 unspecified atom stereocenters. The molecule has 6 nitrogen and oxygen atoms in total. The van der Waals surface area contributed by atoms with Crippen LogP contribution in [-0.2, 0) is 14.3 Å². The molecule has 0 aromatic carbocycles. The highest BCUT2D eigenvalue weighted by Crippen LogP contribution is 2.20. The first-order valence-corrected chi connectivity index (χ1v) is 6.91. The Hall–Kier alpha value is -1.14. The molecule has 0 saturated carbocycles. The van der Waals surface area contributed by atoms with Gasteiger partial charge in [0.1, 0.15) is 6.10 Å². The van der Waals surface area contributed by atoms with Crippen LogP contribution in [-0.4, -0.2) is 54.6 Å². The Morgan fingerprint density at radius 2 is 2.11 bits per heavy atom. The minimum absolute atomic E-state index is 0.0304. The predicted octanol–water partition coefficient (Wildman–Crippen LogP) is -0.134. The highest BCUT2D eigenvalue weighted by atomic mass is 16.5. The Bertz CT molecular complexity index is 320. The number of nitrogens with zero attached hydrogens (tertiary/aromatic N) is 1. The first-order valence-electron chi connectivity index (χ1n) is 6.91. The summed E-state index contributed by atoms with van der Waals surface area (Å²) in [6, 6.07) is 0.0747. The first kappa shape index (κ1) is 15.9. The van der Waals surface area contributed by atoms with Gasteiger partial charge in [-0.15, -0.1) is 0 Å². The van der Waals surface area contributed by atoms with Gasteiger partial charge in [-0.05, 0) is 33.6 Å². The van der Waals surface area contributed by atoms with E-state index in [-0.39, 0.29) is 30.5 Å². The van der Waals surface area contributed by atoms with Crippen molar-refractivity contribution in [3.05, 3.63) is 0 Å². The van der Waals surface area contributed by atoms with Gasteiger partial charge >= 0.3 is 0 Å². The Morgan fingerprint density at radius 3 is 2.58 bits per heavy atom. The van der Waals surface area contributed by atoms with Gasteiger partial charge in [0, 0.05) is 19.1 Å². The van der Waals surface area contributed by atoms with Crippen LogP contribution in [0.4, 0.5) is 0 Å². The van der Waals surface area contributed by atoms with Gasteiger partial charge in [-0.2, -0.15) is 0 Å². The van der Waals surface area contributed by atoms with Crippen LogP contribution in [0.15, 0.2) is 0 Å². The fourth-order valence-corrected chi connectivity index (χ4v) is 2.15. The summed E-state index contributed by atoms with van der Waals surface area (Å²) in [6.07, 6.45) is 1.02. The van der Waals surface area contributed by atoms with E-state index in [1.165, 1.54) is 4.90 Å². The molecule has 19 heavy (non-hydrogen) atoms. The van der Waals surface area contributed by atoms with Gasteiger partial charge in [-0.25, -0.2) is 0 Å². The second kappa shape index (κ2) is 7.45. The minimum atomic E-state index is -0.444. The molecule has 6 heteroatoms. The van der Waals surface area contributed by atoms with Gasteiger partial charge in [0.2, 0.25) is 5.91 Å². The molecule has 1 saturated heterocycles. The van der Waals surface area contributed by atoms with E-state index in [2.05, 4.69) is 5.32 Å². The number of amides is 2. The van der Waals surface area contributed by atoms with Gasteiger partial charge in [-0.3, -0.25) is 9.59 Å². The van der Waals surface area contributed by atoms with Crippen LogP contribution < -0.4 is 11.1 Å². The summed E-state index contributed by atoms with van der Waals surface area (Å²) in [7, 11) is 0. The largest absolute Gasteiger partial charge is 0.364 e. The Balaban J connectivity index is 2.50. The summed E-state index contributed by atoms with van der Waals surface area (Å²) in [5, 5.41) is 2.78. The van der Waals surface area contributed by atoms with Crippen LogP contribution in [0, 0.1) is 0 Å². The maximum Gasteiger partial charge on any atom is 0.252 e. The number of carbonyl (C=O) groups excluding carboxylic acids is 2. The fourth-order valence-electron chi connectivity index (χ4n) is 2.15. The van der Waals surface area contributed by atoms with Gasteiger partial charge in [0.25, 0.3) is 5.91 Å². The van der Waals surface area contributed by atoms with E-state index in [0.717, 1.165) is 6.42 Å². The lowest BCUT2D eigenvalue weighted by atomic mass is 10.2. The third kappa shape index (κ3) is 4.80. The van der Waals surface area contributed by atoms with Crippen molar-refractivity contribution in [1.29, 1.82) is 0 Å². The first-order chi connectivity index (χ1) is 8.97. The predicted molar refractivity (Wildman–Crippen MR) is 72.5 cm³/mol. The molecule has 0 radical (unpaired) electrons. The molecule has 0 aromatic rings. The summed E-state index contributed by atoms with van der Waals surface area (Å²) in [5.74, 6) is -0.254. The fraction of sp³-hybridized carbons (Fsp3) is 0.846. The lowest BCUT2D eigenvalue weighted by molar-refractivity contribution is -0.145. The number of hydrogen-bond donors (Lipinski definition) is 2. The second-order valence-corrected chi connectivity index (χ2v) is 5.13. The van der Waals surface area contributed by atoms with E-state index >= 15 is 0 Å². The molecule has 110 valence electrons. The lowest BCUT2D eigenvalue weighted by Gasteiger charge is -2.24. The molecule has 2 atom stereocenters. The molecule has 1 aliphatic rings. The number of likely N-dealkylation sites (N-methyl/N-ethyl adjacent to an activating group) is 1.